The number of rotatable bonds is 11. The van der Waals surface area contributed by atoms with E-state index in [1.807, 2.05) is 13.8 Å². The quantitative estimate of drug-likeness (QED) is 0.264. The largest absolute Gasteiger partial charge is 0.490 e. The van der Waals surface area contributed by atoms with E-state index in [1.165, 1.54) is 18.6 Å². The molecule has 4 fully saturated rings. The minimum Gasteiger partial charge on any atom is -0.490 e. The molecule has 0 aromatic heterocycles. The standard InChI is InChI=1S/C36H53FN2O7/c1-21(2)44-27-18-26(37)28(45-24-10-14-36(20-40,15-11-24)33(43)46-34(3,4)5)17-25(27)31(41)39-30-23-9-8-22(16-23)29(30)32(42)38-19-35(6)12-7-13-35/h17-18,21-24,29-30,40H,7-16,19-20H2,1-6H3,(H,38,42)(H,39,41)/t22-,23+,24?,29+,30-,36?/m1/s1. The van der Waals surface area contributed by atoms with Crippen molar-refractivity contribution in [2.45, 2.75) is 130 Å². The van der Waals surface area contributed by atoms with Crippen LogP contribution in [0.3, 0.4) is 0 Å². The van der Waals surface area contributed by atoms with E-state index in [0.717, 1.165) is 32.1 Å². The van der Waals surface area contributed by atoms with Crippen molar-refractivity contribution >= 4 is 17.8 Å². The van der Waals surface area contributed by atoms with Gasteiger partial charge in [0.25, 0.3) is 5.91 Å². The highest BCUT2D eigenvalue weighted by Crippen LogP contribution is 2.49. The lowest BCUT2D eigenvalue weighted by Crippen LogP contribution is -2.51. The Bertz CT molecular complexity index is 1300. The van der Waals surface area contributed by atoms with Crippen LogP contribution in [-0.4, -0.2) is 59.9 Å². The van der Waals surface area contributed by atoms with Crippen molar-refractivity contribution in [2.75, 3.05) is 13.2 Å². The molecule has 46 heavy (non-hydrogen) atoms. The number of ether oxygens (including phenoxy) is 3. The zero-order valence-corrected chi connectivity index (χ0v) is 28.4. The fraction of sp³-hybridized carbons (Fsp3) is 0.750. The number of carbonyl (C=O) groups is 3. The molecule has 0 saturated heterocycles. The van der Waals surface area contributed by atoms with Gasteiger partial charge in [-0.3, -0.25) is 14.4 Å². The first-order valence-corrected chi connectivity index (χ1v) is 17.2. The average Bonchev–Trinajstić information content (AvgIpc) is 3.57. The molecule has 3 N–H and O–H groups in total. The maximum atomic E-state index is 15.4. The highest BCUT2D eigenvalue weighted by molar-refractivity contribution is 5.98. The highest BCUT2D eigenvalue weighted by Gasteiger charge is 2.52. The summed E-state index contributed by atoms with van der Waals surface area (Å²) in [5.74, 6) is -1.30. The van der Waals surface area contributed by atoms with E-state index in [1.54, 1.807) is 20.8 Å². The molecule has 1 aromatic carbocycles. The number of aliphatic hydroxyl groups excluding tert-OH is 1. The Labute approximate surface area is 272 Å². The van der Waals surface area contributed by atoms with Crippen LogP contribution < -0.4 is 20.1 Å². The molecule has 2 bridgehead atoms. The molecule has 4 aliphatic carbocycles. The van der Waals surface area contributed by atoms with Crippen LogP contribution >= 0.6 is 0 Å². The van der Waals surface area contributed by atoms with E-state index >= 15 is 4.39 Å². The van der Waals surface area contributed by atoms with Crippen LogP contribution in [0.1, 0.15) is 116 Å². The molecule has 0 heterocycles. The summed E-state index contributed by atoms with van der Waals surface area (Å²) in [6.07, 6.45) is 7.05. The first-order chi connectivity index (χ1) is 21.6. The Kier molecular flexibility index (Phi) is 9.98. The van der Waals surface area contributed by atoms with Gasteiger partial charge in [0.05, 0.1) is 35.7 Å². The minimum atomic E-state index is -1.02. The fourth-order valence-electron chi connectivity index (χ4n) is 7.89. The lowest BCUT2D eigenvalue weighted by Gasteiger charge is -2.39. The van der Waals surface area contributed by atoms with Crippen molar-refractivity contribution in [2.24, 2.45) is 28.6 Å². The zero-order valence-electron chi connectivity index (χ0n) is 28.4. The van der Waals surface area contributed by atoms with E-state index < -0.39 is 34.8 Å². The fourth-order valence-corrected chi connectivity index (χ4v) is 7.89. The number of hydrogen-bond donors (Lipinski definition) is 3. The SMILES string of the molecule is CC(C)Oc1cc(F)c(OC2CCC(CO)(C(=O)OC(C)(C)C)CC2)cc1C(=O)N[C@@H]1[C@H]2CC[C@H](C2)[C@@H]1C(=O)NCC1(C)CCC1. The van der Waals surface area contributed by atoms with Crippen molar-refractivity contribution in [3.8, 4) is 11.5 Å². The normalized spacial score (nSPS) is 30.0. The molecule has 4 atom stereocenters. The average molecular weight is 645 g/mol. The summed E-state index contributed by atoms with van der Waals surface area (Å²) in [5.41, 5.74) is -1.39. The molecule has 9 nitrogen and oxygen atoms in total. The van der Waals surface area contributed by atoms with Crippen LogP contribution in [0.25, 0.3) is 0 Å². The van der Waals surface area contributed by atoms with Crippen molar-refractivity contribution in [3.05, 3.63) is 23.5 Å². The maximum absolute atomic E-state index is 15.4. The summed E-state index contributed by atoms with van der Waals surface area (Å²) in [4.78, 5) is 40.3. The predicted octanol–water partition coefficient (Wildman–Crippen LogP) is 5.71. The monoisotopic (exact) mass is 644 g/mol. The number of benzene rings is 1. The third-order valence-electron chi connectivity index (χ3n) is 10.7. The van der Waals surface area contributed by atoms with Gasteiger partial charge in [-0.25, -0.2) is 4.39 Å². The van der Waals surface area contributed by atoms with Gasteiger partial charge in [-0.1, -0.05) is 13.3 Å². The zero-order chi connectivity index (χ0) is 33.4. The molecule has 4 aliphatic rings. The molecule has 0 spiro atoms. The summed E-state index contributed by atoms with van der Waals surface area (Å²) < 4.78 is 33.0. The molecule has 0 unspecified atom stereocenters. The maximum Gasteiger partial charge on any atom is 0.314 e. The second-order valence-corrected chi connectivity index (χ2v) is 15.9. The third-order valence-corrected chi connectivity index (χ3v) is 10.7. The molecule has 5 rings (SSSR count). The second kappa shape index (κ2) is 13.3. The Morgan fingerprint density at radius 3 is 2.28 bits per heavy atom. The summed E-state index contributed by atoms with van der Waals surface area (Å²) in [6, 6.07) is 2.28. The molecular weight excluding hydrogens is 591 g/mol. The van der Waals surface area contributed by atoms with E-state index in [2.05, 4.69) is 17.6 Å². The summed E-state index contributed by atoms with van der Waals surface area (Å²) in [7, 11) is 0. The molecule has 2 amide bonds. The number of nitrogens with one attached hydrogen (secondary N) is 2. The molecule has 4 saturated carbocycles. The summed E-state index contributed by atoms with van der Waals surface area (Å²) >= 11 is 0. The van der Waals surface area contributed by atoms with Crippen molar-refractivity contribution in [1.82, 2.24) is 10.6 Å². The number of halogens is 1. The van der Waals surface area contributed by atoms with Crippen molar-refractivity contribution in [1.29, 1.82) is 0 Å². The first-order valence-electron chi connectivity index (χ1n) is 17.2. The summed E-state index contributed by atoms with van der Waals surface area (Å²) in [5, 5.41) is 16.5. The summed E-state index contributed by atoms with van der Waals surface area (Å²) in [6.45, 7) is 11.5. The van der Waals surface area contributed by atoms with Gasteiger partial charge in [-0.15, -0.1) is 0 Å². The van der Waals surface area contributed by atoms with Crippen LogP contribution in [0.15, 0.2) is 12.1 Å². The van der Waals surface area contributed by atoms with E-state index in [9.17, 15) is 19.5 Å². The molecule has 1 aromatic rings. The van der Waals surface area contributed by atoms with Gasteiger partial charge in [-0.2, -0.15) is 0 Å². The number of carbonyl (C=O) groups excluding carboxylic acids is 3. The Morgan fingerprint density at radius 1 is 1.02 bits per heavy atom. The van der Waals surface area contributed by atoms with Crippen LogP contribution in [-0.2, 0) is 14.3 Å². The number of amides is 2. The van der Waals surface area contributed by atoms with Crippen molar-refractivity contribution < 1.29 is 38.1 Å². The lowest BCUT2D eigenvalue weighted by atomic mass is 9.70. The number of aliphatic hydroxyl groups is 1. The molecule has 0 radical (unpaired) electrons. The van der Waals surface area contributed by atoms with Gasteiger partial charge in [0.1, 0.15) is 11.4 Å². The Balaban J connectivity index is 1.30. The predicted molar refractivity (Wildman–Crippen MR) is 171 cm³/mol. The van der Waals surface area contributed by atoms with Gasteiger partial charge >= 0.3 is 5.97 Å². The molecule has 256 valence electrons. The third kappa shape index (κ3) is 7.47. The van der Waals surface area contributed by atoms with Gasteiger partial charge < -0.3 is 30.0 Å². The Morgan fingerprint density at radius 2 is 1.70 bits per heavy atom. The first kappa shape index (κ1) is 34.5. The van der Waals surface area contributed by atoms with Gasteiger partial charge in [0.2, 0.25) is 5.91 Å². The molecule has 0 aliphatic heterocycles. The van der Waals surface area contributed by atoms with Gasteiger partial charge in [0.15, 0.2) is 11.6 Å². The number of esters is 1. The Hall–Kier alpha value is -2.88. The van der Waals surface area contributed by atoms with Gasteiger partial charge in [0, 0.05) is 18.7 Å². The topological polar surface area (TPSA) is 123 Å². The number of fused-ring (bicyclic) bond motifs is 2. The van der Waals surface area contributed by atoms with Crippen LogP contribution in [0.2, 0.25) is 0 Å². The van der Waals surface area contributed by atoms with E-state index in [-0.39, 0.29) is 64.9 Å². The van der Waals surface area contributed by atoms with Crippen LogP contribution in [0.4, 0.5) is 4.39 Å². The second-order valence-electron chi connectivity index (χ2n) is 15.9. The van der Waals surface area contributed by atoms with Crippen LogP contribution in [0.5, 0.6) is 11.5 Å². The highest BCUT2D eigenvalue weighted by atomic mass is 19.1. The van der Waals surface area contributed by atoms with Crippen LogP contribution in [0, 0.1) is 34.4 Å². The van der Waals surface area contributed by atoms with E-state index in [4.69, 9.17) is 14.2 Å². The van der Waals surface area contributed by atoms with Crippen molar-refractivity contribution in [3.63, 3.8) is 0 Å². The van der Waals surface area contributed by atoms with E-state index in [0.29, 0.717) is 32.2 Å². The minimum absolute atomic E-state index is 0.00930. The lowest BCUT2D eigenvalue weighted by molar-refractivity contribution is -0.174. The number of hydrogen-bond acceptors (Lipinski definition) is 7. The molecular formula is C36H53FN2O7. The van der Waals surface area contributed by atoms with Gasteiger partial charge in [-0.05, 0) is 116 Å². The molecule has 10 heteroatoms. The smallest absolute Gasteiger partial charge is 0.314 e.